The van der Waals surface area contributed by atoms with Crippen LogP contribution in [0.1, 0.15) is 39.0 Å². The predicted molar refractivity (Wildman–Crippen MR) is 50.2 cm³/mol. The third kappa shape index (κ3) is 1.70. The Bertz CT molecular complexity index is 130. The first kappa shape index (κ1) is 9.34. The lowest BCUT2D eigenvalue weighted by Crippen LogP contribution is -2.20. The number of halogens is 1. The SMILES string of the molecule is C[C@@H]1CC2(CCCC2)CN1.Cl. The Morgan fingerprint density at radius 3 is 2.36 bits per heavy atom. The van der Waals surface area contributed by atoms with E-state index in [0.717, 1.165) is 11.5 Å². The van der Waals surface area contributed by atoms with Gasteiger partial charge in [-0.05, 0) is 31.6 Å². The maximum Gasteiger partial charge on any atom is 0.00447 e. The molecule has 11 heavy (non-hydrogen) atoms. The smallest absolute Gasteiger partial charge is 0.00447 e. The van der Waals surface area contributed by atoms with E-state index in [4.69, 9.17) is 0 Å². The van der Waals surface area contributed by atoms with Gasteiger partial charge >= 0.3 is 0 Å². The van der Waals surface area contributed by atoms with Gasteiger partial charge < -0.3 is 5.32 Å². The zero-order chi connectivity index (χ0) is 7.03. The summed E-state index contributed by atoms with van der Waals surface area (Å²) < 4.78 is 0. The summed E-state index contributed by atoms with van der Waals surface area (Å²) in [6.07, 6.45) is 7.38. The Morgan fingerprint density at radius 1 is 1.27 bits per heavy atom. The first-order chi connectivity index (χ1) is 4.81. The molecule has 1 atom stereocenters. The highest BCUT2D eigenvalue weighted by Crippen LogP contribution is 2.44. The fourth-order valence-electron chi connectivity index (χ4n) is 2.69. The Kier molecular flexibility index (Phi) is 2.82. The van der Waals surface area contributed by atoms with Gasteiger partial charge in [-0.3, -0.25) is 0 Å². The minimum atomic E-state index is 0. The van der Waals surface area contributed by atoms with Gasteiger partial charge in [0.15, 0.2) is 0 Å². The molecule has 2 heteroatoms. The second kappa shape index (κ2) is 3.32. The average Bonchev–Trinajstić information content (AvgIpc) is 2.46. The molecule has 0 aromatic carbocycles. The molecule has 2 rings (SSSR count). The summed E-state index contributed by atoms with van der Waals surface area (Å²) in [5.74, 6) is 0. The lowest BCUT2D eigenvalue weighted by molar-refractivity contribution is 0.330. The lowest BCUT2D eigenvalue weighted by Gasteiger charge is -2.20. The summed E-state index contributed by atoms with van der Waals surface area (Å²) in [7, 11) is 0. The molecule has 0 aromatic rings. The Labute approximate surface area is 75.4 Å². The molecule has 0 bridgehead atoms. The first-order valence-corrected chi connectivity index (χ1v) is 4.54. The highest BCUT2D eigenvalue weighted by molar-refractivity contribution is 5.85. The maximum absolute atomic E-state index is 3.55. The zero-order valence-corrected chi connectivity index (χ0v) is 8.04. The first-order valence-electron chi connectivity index (χ1n) is 4.54. The second-order valence-corrected chi connectivity index (χ2v) is 4.19. The number of hydrogen-bond acceptors (Lipinski definition) is 1. The van der Waals surface area contributed by atoms with E-state index >= 15 is 0 Å². The van der Waals surface area contributed by atoms with Crippen molar-refractivity contribution in [3.8, 4) is 0 Å². The van der Waals surface area contributed by atoms with Gasteiger partial charge in [-0.2, -0.15) is 0 Å². The van der Waals surface area contributed by atoms with Crippen molar-refractivity contribution >= 4 is 12.4 Å². The molecule has 0 unspecified atom stereocenters. The van der Waals surface area contributed by atoms with E-state index in [2.05, 4.69) is 12.2 Å². The fraction of sp³-hybridized carbons (Fsp3) is 1.00. The standard InChI is InChI=1S/C9H17N.ClH/c1-8-6-9(7-10-8)4-2-3-5-9;/h8,10H,2-7H2,1H3;1H/t8-;/m1./s1. The van der Waals surface area contributed by atoms with E-state index < -0.39 is 0 Å². The van der Waals surface area contributed by atoms with Gasteiger partial charge in [0, 0.05) is 12.6 Å². The Morgan fingerprint density at radius 2 is 1.91 bits per heavy atom. The van der Waals surface area contributed by atoms with Crippen LogP contribution in [0.25, 0.3) is 0 Å². The predicted octanol–water partition coefficient (Wildman–Crippen LogP) is 2.35. The minimum absolute atomic E-state index is 0. The molecule has 1 aliphatic carbocycles. The molecule has 1 heterocycles. The Hall–Kier alpha value is 0.250. The highest BCUT2D eigenvalue weighted by atomic mass is 35.5. The van der Waals surface area contributed by atoms with Crippen molar-refractivity contribution < 1.29 is 0 Å². The van der Waals surface area contributed by atoms with Gasteiger partial charge in [-0.15, -0.1) is 12.4 Å². The van der Waals surface area contributed by atoms with E-state index in [9.17, 15) is 0 Å². The maximum atomic E-state index is 3.55. The molecule has 1 saturated carbocycles. The molecule has 0 amide bonds. The normalized spacial score (nSPS) is 34.1. The molecule has 0 radical (unpaired) electrons. The molecule has 1 saturated heterocycles. The third-order valence-electron chi connectivity index (χ3n) is 3.23. The molecule has 66 valence electrons. The van der Waals surface area contributed by atoms with Crippen molar-refractivity contribution in [2.24, 2.45) is 5.41 Å². The fourth-order valence-corrected chi connectivity index (χ4v) is 2.69. The van der Waals surface area contributed by atoms with Crippen LogP contribution in [0.5, 0.6) is 0 Å². The Balaban J connectivity index is 0.000000605. The van der Waals surface area contributed by atoms with Crippen LogP contribution in [0, 0.1) is 5.41 Å². The molecule has 2 aliphatic rings. The van der Waals surface area contributed by atoms with E-state index in [1.807, 2.05) is 0 Å². The van der Waals surface area contributed by atoms with Crippen LogP contribution in [0.3, 0.4) is 0 Å². The van der Waals surface area contributed by atoms with Crippen LogP contribution < -0.4 is 5.32 Å². The summed E-state index contributed by atoms with van der Waals surface area (Å²) in [4.78, 5) is 0. The molecule has 1 spiro atoms. The van der Waals surface area contributed by atoms with Crippen LogP contribution in [0.4, 0.5) is 0 Å². The number of hydrogen-bond donors (Lipinski definition) is 1. The minimum Gasteiger partial charge on any atom is -0.314 e. The molecular weight excluding hydrogens is 158 g/mol. The van der Waals surface area contributed by atoms with E-state index in [1.165, 1.54) is 38.6 Å². The van der Waals surface area contributed by atoms with Crippen molar-refractivity contribution in [3.63, 3.8) is 0 Å². The zero-order valence-electron chi connectivity index (χ0n) is 7.23. The summed E-state index contributed by atoms with van der Waals surface area (Å²) in [5.41, 5.74) is 0.749. The van der Waals surface area contributed by atoms with E-state index in [0.29, 0.717) is 0 Å². The molecule has 2 fully saturated rings. The van der Waals surface area contributed by atoms with Gasteiger partial charge in [0.2, 0.25) is 0 Å². The van der Waals surface area contributed by atoms with Crippen molar-refractivity contribution in [3.05, 3.63) is 0 Å². The van der Waals surface area contributed by atoms with E-state index in [1.54, 1.807) is 0 Å². The molecule has 0 aromatic heterocycles. The summed E-state index contributed by atoms with van der Waals surface area (Å²) in [6.45, 7) is 3.61. The van der Waals surface area contributed by atoms with Crippen LogP contribution >= 0.6 is 12.4 Å². The topological polar surface area (TPSA) is 12.0 Å². The summed E-state index contributed by atoms with van der Waals surface area (Å²) in [6, 6.07) is 0.790. The van der Waals surface area contributed by atoms with Crippen molar-refractivity contribution in [1.82, 2.24) is 5.32 Å². The summed E-state index contributed by atoms with van der Waals surface area (Å²) >= 11 is 0. The molecule has 1 aliphatic heterocycles. The van der Waals surface area contributed by atoms with Crippen LogP contribution in [0.2, 0.25) is 0 Å². The lowest BCUT2D eigenvalue weighted by atomic mass is 9.84. The second-order valence-electron chi connectivity index (χ2n) is 4.19. The molecule has 1 N–H and O–H groups in total. The van der Waals surface area contributed by atoms with Crippen LogP contribution in [0.15, 0.2) is 0 Å². The average molecular weight is 176 g/mol. The number of rotatable bonds is 0. The van der Waals surface area contributed by atoms with Gasteiger partial charge in [0.1, 0.15) is 0 Å². The third-order valence-corrected chi connectivity index (χ3v) is 3.23. The largest absolute Gasteiger partial charge is 0.314 e. The van der Waals surface area contributed by atoms with Crippen molar-refractivity contribution in [1.29, 1.82) is 0 Å². The van der Waals surface area contributed by atoms with E-state index in [-0.39, 0.29) is 12.4 Å². The summed E-state index contributed by atoms with van der Waals surface area (Å²) in [5, 5.41) is 3.55. The van der Waals surface area contributed by atoms with Gasteiger partial charge in [-0.25, -0.2) is 0 Å². The molecular formula is C9H18ClN. The molecule has 1 nitrogen and oxygen atoms in total. The van der Waals surface area contributed by atoms with Gasteiger partial charge in [0.25, 0.3) is 0 Å². The van der Waals surface area contributed by atoms with Crippen molar-refractivity contribution in [2.45, 2.75) is 45.1 Å². The number of nitrogens with one attached hydrogen (secondary N) is 1. The van der Waals surface area contributed by atoms with Crippen LogP contribution in [-0.4, -0.2) is 12.6 Å². The highest BCUT2D eigenvalue weighted by Gasteiger charge is 2.38. The van der Waals surface area contributed by atoms with Crippen LogP contribution in [-0.2, 0) is 0 Å². The van der Waals surface area contributed by atoms with Crippen molar-refractivity contribution in [2.75, 3.05) is 6.54 Å². The van der Waals surface area contributed by atoms with Gasteiger partial charge in [-0.1, -0.05) is 12.8 Å². The monoisotopic (exact) mass is 175 g/mol. The van der Waals surface area contributed by atoms with Gasteiger partial charge in [0.05, 0.1) is 0 Å². The quantitative estimate of drug-likeness (QED) is 0.596.